The number of aromatic nitrogens is 4. The molecule has 1 fully saturated rings. The summed E-state index contributed by atoms with van der Waals surface area (Å²) in [6, 6.07) is 10.1. The minimum Gasteiger partial charge on any atom is -0.510 e. The number of benzene rings is 1. The molecule has 4 rings (SSSR count). The first kappa shape index (κ1) is 15.9. The number of H-pyrrole nitrogens is 1. The van der Waals surface area contributed by atoms with Gasteiger partial charge in [0.05, 0.1) is 16.8 Å². The van der Waals surface area contributed by atoms with E-state index in [2.05, 4.69) is 25.5 Å². The number of aromatic amines is 1. The molecule has 1 saturated carbocycles. The number of para-hydroxylation sites is 2. The molecule has 1 aliphatic carbocycles. The Labute approximate surface area is 151 Å². The van der Waals surface area contributed by atoms with Gasteiger partial charge in [-0.3, -0.25) is 0 Å². The number of hydrogen-bond acceptors (Lipinski definition) is 8. The predicted octanol–water partition coefficient (Wildman–Crippen LogP) is 3.57. The Morgan fingerprint density at radius 3 is 3.00 bits per heavy atom. The van der Waals surface area contributed by atoms with E-state index in [9.17, 15) is 10.4 Å². The van der Waals surface area contributed by atoms with Gasteiger partial charge in [0.15, 0.2) is 10.2 Å². The Balaban J connectivity index is 1.49. The second kappa shape index (κ2) is 6.74. The van der Waals surface area contributed by atoms with Gasteiger partial charge < -0.3 is 15.4 Å². The van der Waals surface area contributed by atoms with E-state index in [1.165, 1.54) is 35.9 Å². The predicted molar refractivity (Wildman–Crippen MR) is 98.5 cm³/mol. The zero-order valence-corrected chi connectivity index (χ0v) is 14.7. The normalized spacial score (nSPS) is 15.0. The maximum atomic E-state index is 10.3. The van der Waals surface area contributed by atoms with Crippen LogP contribution in [0.2, 0.25) is 0 Å². The van der Waals surface area contributed by atoms with Crippen molar-refractivity contribution < 1.29 is 5.11 Å². The van der Waals surface area contributed by atoms with Gasteiger partial charge in [-0.25, -0.2) is 4.98 Å². The molecule has 1 aromatic carbocycles. The molecule has 0 amide bonds. The number of anilines is 1. The molecule has 0 bridgehead atoms. The first-order valence-corrected chi connectivity index (χ1v) is 9.53. The van der Waals surface area contributed by atoms with Gasteiger partial charge in [0.25, 0.3) is 0 Å². The fraction of sp³-hybridized carbons (Fsp3) is 0.250. The van der Waals surface area contributed by atoms with Crippen molar-refractivity contribution in [3.8, 4) is 6.07 Å². The van der Waals surface area contributed by atoms with Crippen LogP contribution in [0.15, 0.2) is 34.4 Å². The van der Waals surface area contributed by atoms with E-state index in [1.54, 1.807) is 0 Å². The van der Waals surface area contributed by atoms with Crippen LogP contribution in [0, 0.1) is 11.3 Å². The molecule has 0 saturated heterocycles. The first-order chi connectivity index (χ1) is 12.2. The number of aliphatic hydroxyl groups excluding tert-OH is 1. The minimum absolute atomic E-state index is 0.0292. The third kappa shape index (κ3) is 3.60. The lowest BCUT2D eigenvalue weighted by atomic mass is 10.2. The number of aliphatic hydroxyl groups is 1. The van der Waals surface area contributed by atoms with E-state index < -0.39 is 0 Å². The van der Waals surface area contributed by atoms with E-state index >= 15 is 0 Å². The summed E-state index contributed by atoms with van der Waals surface area (Å²) in [5.74, 6) is 0.575. The highest BCUT2D eigenvalue weighted by atomic mass is 32.2. The summed E-state index contributed by atoms with van der Waals surface area (Å²) >= 11 is 2.80. The fourth-order valence-corrected chi connectivity index (χ4v) is 3.96. The average molecular weight is 370 g/mol. The van der Waals surface area contributed by atoms with Gasteiger partial charge in [0.1, 0.15) is 17.4 Å². The Bertz CT molecular complexity index is 949. The molecule has 0 aliphatic heterocycles. The van der Waals surface area contributed by atoms with Crippen LogP contribution in [-0.2, 0) is 0 Å². The maximum absolute atomic E-state index is 10.3. The SMILES string of the molecule is N#C/C(=C(/O)CSc1nnc(NC2CC2)s1)c1nc2ccccc2[nH]1. The summed E-state index contributed by atoms with van der Waals surface area (Å²) in [4.78, 5) is 7.43. The molecule has 0 spiro atoms. The Morgan fingerprint density at radius 1 is 1.40 bits per heavy atom. The van der Waals surface area contributed by atoms with E-state index in [0.29, 0.717) is 11.9 Å². The van der Waals surface area contributed by atoms with Crippen LogP contribution in [0.4, 0.5) is 5.13 Å². The van der Waals surface area contributed by atoms with Crippen molar-refractivity contribution in [1.29, 1.82) is 5.26 Å². The van der Waals surface area contributed by atoms with E-state index in [4.69, 9.17) is 0 Å². The van der Waals surface area contributed by atoms with Gasteiger partial charge in [-0.15, -0.1) is 10.2 Å². The Morgan fingerprint density at radius 2 is 2.24 bits per heavy atom. The van der Waals surface area contributed by atoms with Crippen LogP contribution >= 0.6 is 23.1 Å². The number of nitriles is 1. The number of rotatable bonds is 6. The van der Waals surface area contributed by atoms with Crippen molar-refractivity contribution in [2.45, 2.75) is 23.2 Å². The molecule has 2 aromatic heterocycles. The molecule has 7 nitrogen and oxygen atoms in total. The quantitative estimate of drug-likeness (QED) is 0.345. The smallest absolute Gasteiger partial charge is 0.206 e. The zero-order chi connectivity index (χ0) is 17.2. The average Bonchev–Trinajstić information content (AvgIpc) is 3.15. The summed E-state index contributed by atoms with van der Waals surface area (Å²) in [6.07, 6.45) is 2.35. The van der Waals surface area contributed by atoms with Crippen molar-refractivity contribution in [2.75, 3.05) is 11.1 Å². The first-order valence-electron chi connectivity index (χ1n) is 7.73. The van der Waals surface area contributed by atoms with Gasteiger partial charge >= 0.3 is 0 Å². The van der Waals surface area contributed by atoms with Crippen LogP contribution in [0.5, 0.6) is 0 Å². The lowest BCUT2D eigenvalue weighted by molar-refractivity contribution is 0.420. The van der Waals surface area contributed by atoms with Gasteiger partial charge in [0, 0.05) is 6.04 Å². The lowest BCUT2D eigenvalue weighted by Crippen LogP contribution is -1.99. The summed E-state index contributed by atoms with van der Waals surface area (Å²) in [6.45, 7) is 0. The van der Waals surface area contributed by atoms with E-state index in [0.717, 1.165) is 20.5 Å². The molecule has 1 aliphatic rings. The third-order valence-corrected chi connectivity index (χ3v) is 5.67. The second-order valence-corrected chi connectivity index (χ2v) is 7.82. The molecular weight excluding hydrogens is 356 g/mol. The molecular formula is C16H14N6OS2. The standard InChI is InChI=1S/C16H14N6OS2/c17-7-10(14-19-11-3-1-2-4-12(11)20-14)13(23)8-24-16-22-21-15(25-16)18-9-5-6-9/h1-4,9,23H,5-6,8H2,(H,18,21)(H,19,20)/b13-10-. The highest BCUT2D eigenvalue weighted by Gasteiger charge is 2.22. The van der Waals surface area contributed by atoms with Crippen LogP contribution < -0.4 is 5.32 Å². The Hall–Kier alpha value is -2.57. The highest BCUT2D eigenvalue weighted by molar-refractivity contribution is 8.01. The number of allylic oxidation sites excluding steroid dienone is 1. The van der Waals surface area contributed by atoms with Gasteiger partial charge in [-0.05, 0) is 25.0 Å². The van der Waals surface area contributed by atoms with Crippen molar-refractivity contribution in [2.24, 2.45) is 0 Å². The Kier molecular flexibility index (Phi) is 4.29. The monoisotopic (exact) mass is 370 g/mol. The molecule has 25 heavy (non-hydrogen) atoms. The fourth-order valence-electron chi connectivity index (χ4n) is 2.26. The van der Waals surface area contributed by atoms with Crippen LogP contribution in [-0.4, -0.2) is 37.1 Å². The van der Waals surface area contributed by atoms with Crippen LogP contribution in [0.1, 0.15) is 18.7 Å². The number of hydrogen-bond donors (Lipinski definition) is 3. The zero-order valence-electron chi connectivity index (χ0n) is 13.1. The molecule has 9 heteroatoms. The number of nitrogens with zero attached hydrogens (tertiary/aromatic N) is 4. The van der Waals surface area contributed by atoms with Crippen LogP contribution in [0.25, 0.3) is 16.6 Å². The largest absolute Gasteiger partial charge is 0.510 e. The van der Waals surface area contributed by atoms with E-state index in [-0.39, 0.29) is 17.1 Å². The minimum atomic E-state index is -0.0292. The van der Waals surface area contributed by atoms with Gasteiger partial charge in [0.2, 0.25) is 5.13 Å². The summed E-state index contributed by atoms with van der Waals surface area (Å²) in [7, 11) is 0. The summed E-state index contributed by atoms with van der Waals surface area (Å²) in [5.41, 5.74) is 1.72. The molecule has 126 valence electrons. The van der Waals surface area contributed by atoms with Gasteiger partial charge in [-0.1, -0.05) is 35.2 Å². The number of nitrogens with one attached hydrogen (secondary N) is 2. The van der Waals surface area contributed by atoms with E-state index in [1.807, 2.05) is 30.3 Å². The lowest BCUT2D eigenvalue weighted by Gasteiger charge is -2.00. The molecule has 3 aromatic rings. The van der Waals surface area contributed by atoms with Gasteiger partial charge in [-0.2, -0.15) is 5.26 Å². The molecule has 0 atom stereocenters. The maximum Gasteiger partial charge on any atom is 0.206 e. The summed E-state index contributed by atoms with van der Waals surface area (Å²) in [5, 5.41) is 32.0. The van der Waals surface area contributed by atoms with Crippen molar-refractivity contribution in [1.82, 2.24) is 20.2 Å². The molecule has 0 unspecified atom stereocenters. The molecule has 2 heterocycles. The summed E-state index contributed by atoms with van der Waals surface area (Å²) < 4.78 is 0.747. The third-order valence-electron chi connectivity index (χ3n) is 3.67. The van der Waals surface area contributed by atoms with Crippen LogP contribution in [0.3, 0.4) is 0 Å². The topological polar surface area (TPSA) is 111 Å². The second-order valence-electron chi connectivity index (χ2n) is 5.62. The molecule has 0 radical (unpaired) electrons. The van der Waals surface area contributed by atoms with Crippen molar-refractivity contribution in [3.05, 3.63) is 35.8 Å². The highest BCUT2D eigenvalue weighted by Crippen LogP contribution is 2.31. The number of imidazole rings is 1. The molecule has 3 N–H and O–H groups in total. The van der Waals surface area contributed by atoms with Crippen molar-refractivity contribution >= 4 is 44.8 Å². The van der Waals surface area contributed by atoms with Crippen molar-refractivity contribution in [3.63, 3.8) is 0 Å². The number of fused-ring (bicyclic) bond motifs is 1. The number of thioether (sulfide) groups is 1.